The molecule has 1 aliphatic carbocycles. The van der Waals surface area contributed by atoms with Crippen molar-refractivity contribution in [2.75, 3.05) is 18.1 Å². The summed E-state index contributed by atoms with van der Waals surface area (Å²) in [5, 5.41) is 9.36. The van der Waals surface area contributed by atoms with Gasteiger partial charge in [0.1, 0.15) is 12.1 Å². The van der Waals surface area contributed by atoms with E-state index in [2.05, 4.69) is 14.9 Å². The zero-order chi connectivity index (χ0) is 11.0. The van der Waals surface area contributed by atoms with Gasteiger partial charge < -0.3 is 10.0 Å². The highest BCUT2D eigenvalue weighted by Gasteiger charge is 2.29. The first-order valence-electron chi connectivity index (χ1n) is 6.10. The van der Waals surface area contributed by atoms with Crippen LogP contribution in [-0.2, 0) is 12.8 Å². The first-order valence-corrected chi connectivity index (χ1v) is 6.10. The third kappa shape index (κ3) is 1.48. The molecule has 1 aromatic heterocycles. The third-order valence-corrected chi connectivity index (χ3v) is 3.71. The minimum Gasteiger partial charge on any atom is -0.394 e. The van der Waals surface area contributed by atoms with E-state index in [9.17, 15) is 5.11 Å². The van der Waals surface area contributed by atoms with Crippen LogP contribution in [0.2, 0.25) is 0 Å². The van der Waals surface area contributed by atoms with Gasteiger partial charge >= 0.3 is 0 Å². The van der Waals surface area contributed by atoms with Gasteiger partial charge in [0.2, 0.25) is 0 Å². The number of nitrogens with zero attached hydrogens (tertiary/aromatic N) is 3. The van der Waals surface area contributed by atoms with E-state index in [4.69, 9.17) is 0 Å². The van der Waals surface area contributed by atoms with Crippen molar-refractivity contribution in [2.45, 2.75) is 38.1 Å². The molecule has 0 amide bonds. The molecule has 1 aromatic rings. The smallest absolute Gasteiger partial charge is 0.135 e. The maximum absolute atomic E-state index is 9.36. The van der Waals surface area contributed by atoms with Crippen LogP contribution in [0.25, 0.3) is 0 Å². The highest BCUT2D eigenvalue weighted by Crippen LogP contribution is 2.31. The molecule has 1 fully saturated rings. The molecule has 4 nitrogen and oxygen atoms in total. The van der Waals surface area contributed by atoms with Crippen LogP contribution in [-0.4, -0.2) is 34.3 Å². The molecule has 16 heavy (non-hydrogen) atoms. The summed E-state index contributed by atoms with van der Waals surface area (Å²) >= 11 is 0. The van der Waals surface area contributed by atoms with Gasteiger partial charge in [0.15, 0.2) is 0 Å². The van der Waals surface area contributed by atoms with E-state index in [0.717, 1.165) is 38.0 Å². The van der Waals surface area contributed by atoms with Crippen molar-refractivity contribution in [1.82, 2.24) is 9.97 Å². The summed E-state index contributed by atoms with van der Waals surface area (Å²) in [6, 6.07) is 0.264. The molecule has 1 unspecified atom stereocenters. The lowest BCUT2D eigenvalue weighted by Crippen LogP contribution is -2.33. The Morgan fingerprint density at radius 3 is 3.12 bits per heavy atom. The van der Waals surface area contributed by atoms with Gasteiger partial charge in [-0.05, 0) is 32.1 Å². The Morgan fingerprint density at radius 1 is 1.31 bits per heavy atom. The SMILES string of the molecule is OCC1CCCN1c1ncnc2c1CCC2. The van der Waals surface area contributed by atoms with E-state index < -0.39 is 0 Å². The summed E-state index contributed by atoms with van der Waals surface area (Å²) in [6.45, 7) is 1.26. The van der Waals surface area contributed by atoms with Crippen LogP contribution in [0.5, 0.6) is 0 Å². The molecule has 1 atom stereocenters. The van der Waals surface area contributed by atoms with Gasteiger partial charge in [0, 0.05) is 17.8 Å². The lowest BCUT2D eigenvalue weighted by molar-refractivity contribution is 0.266. The van der Waals surface area contributed by atoms with E-state index in [-0.39, 0.29) is 12.6 Å². The van der Waals surface area contributed by atoms with Gasteiger partial charge in [0.25, 0.3) is 0 Å². The van der Waals surface area contributed by atoms with Crippen molar-refractivity contribution in [3.8, 4) is 0 Å². The molecule has 0 aromatic carbocycles. The predicted molar refractivity (Wildman–Crippen MR) is 61.5 cm³/mol. The molecule has 0 saturated carbocycles. The second-order valence-electron chi connectivity index (χ2n) is 4.65. The molecule has 0 spiro atoms. The van der Waals surface area contributed by atoms with Gasteiger partial charge in [-0.1, -0.05) is 0 Å². The number of aliphatic hydroxyl groups excluding tert-OH is 1. The number of rotatable bonds is 2. The number of aliphatic hydroxyl groups is 1. The van der Waals surface area contributed by atoms with Gasteiger partial charge in [0.05, 0.1) is 12.6 Å². The van der Waals surface area contributed by atoms with E-state index in [1.54, 1.807) is 6.33 Å². The lowest BCUT2D eigenvalue weighted by Gasteiger charge is -2.25. The average Bonchev–Trinajstić information content (AvgIpc) is 2.96. The maximum Gasteiger partial charge on any atom is 0.135 e. The molecule has 1 aliphatic heterocycles. The Morgan fingerprint density at radius 2 is 2.25 bits per heavy atom. The Kier molecular flexibility index (Phi) is 2.52. The van der Waals surface area contributed by atoms with Gasteiger partial charge in [-0.15, -0.1) is 0 Å². The van der Waals surface area contributed by atoms with Gasteiger partial charge in [-0.3, -0.25) is 0 Å². The van der Waals surface area contributed by atoms with Crippen LogP contribution in [0, 0.1) is 0 Å². The summed E-state index contributed by atoms with van der Waals surface area (Å²) in [5.41, 5.74) is 2.54. The molecule has 2 heterocycles. The summed E-state index contributed by atoms with van der Waals surface area (Å²) in [5.74, 6) is 1.08. The minimum atomic E-state index is 0.235. The zero-order valence-corrected chi connectivity index (χ0v) is 9.39. The second kappa shape index (κ2) is 4.01. The molecule has 86 valence electrons. The molecule has 1 N–H and O–H groups in total. The summed E-state index contributed by atoms with van der Waals surface area (Å²) in [6.07, 6.45) is 7.28. The van der Waals surface area contributed by atoms with E-state index >= 15 is 0 Å². The minimum absolute atomic E-state index is 0.235. The van der Waals surface area contributed by atoms with Crippen molar-refractivity contribution < 1.29 is 5.11 Å². The third-order valence-electron chi connectivity index (χ3n) is 3.71. The molecular weight excluding hydrogens is 202 g/mol. The first-order chi connectivity index (χ1) is 7.90. The quantitative estimate of drug-likeness (QED) is 0.803. The normalized spacial score (nSPS) is 23.8. The number of aromatic nitrogens is 2. The van der Waals surface area contributed by atoms with Crippen LogP contribution in [0.1, 0.15) is 30.5 Å². The van der Waals surface area contributed by atoms with Crippen LogP contribution in [0.15, 0.2) is 6.33 Å². The molecule has 4 heteroatoms. The van der Waals surface area contributed by atoms with Crippen LogP contribution in [0.3, 0.4) is 0 Å². The van der Waals surface area contributed by atoms with Crippen molar-refractivity contribution in [1.29, 1.82) is 0 Å². The molecule has 0 bridgehead atoms. The van der Waals surface area contributed by atoms with Crippen molar-refractivity contribution in [3.63, 3.8) is 0 Å². The van der Waals surface area contributed by atoms with E-state index in [1.807, 2.05) is 0 Å². The number of hydrogen-bond donors (Lipinski definition) is 1. The predicted octanol–water partition coefficient (Wildman–Crippen LogP) is 0.926. The number of fused-ring (bicyclic) bond motifs is 1. The van der Waals surface area contributed by atoms with Crippen LogP contribution >= 0.6 is 0 Å². The monoisotopic (exact) mass is 219 g/mol. The molecule has 0 radical (unpaired) electrons. The summed E-state index contributed by atoms with van der Waals surface area (Å²) in [4.78, 5) is 11.0. The lowest BCUT2D eigenvalue weighted by atomic mass is 10.2. The molecule has 3 rings (SSSR count). The highest BCUT2D eigenvalue weighted by atomic mass is 16.3. The van der Waals surface area contributed by atoms with E-state index in [0.29, 0.717) is 0 Å². The topological polar surface area (TPSA) is 49.2 Å². The Hall–Kier alpha value is -1.16. The fraction of sp³-hybridized carbons (Fsp3) is 0.667. The van der Waals surface area contributed by atoms with Crippen molar-refractivity contribution in [2.24, 2.45) is 0 Å². The standard InChI is InChI=1S/C12H17N3O/c16-7-9-3-2-6-15(9)12-10-4-1-5-11(10)13-8-14-12/h8-9,16H,1-7H2. The highest BCUT2D eigenvalue weighted by molar-refractivity contribution is 5.52. The maximum atomic E-state index is 9.36. The Bertz CT molecular complexity index is 394. The number of hydrogen-bond acceptors (Lipinski definition) is 4. The van der Waals surface area contributed by atoms with Crippen molar-refractivity contribution >= 4 is 5.82 Å². The fourth-order valence-corrected chi connectivity index (χ4v) is 2.89. The van der Waals surface area contributed by atoms with E-state index in [1.165, 1.54) is 17.7 Å². The van der Waals surface area contributed by atoms with Gasteiger partial charge in [-0.2, -0.15) is 0 Å². The molecular formula is C12H17N3O. The van der Waals surface area contributed by atoms with Gasteiger partial charge in [-0.25, -0.2) is 9.97 Å². The molecule has 1 saturated heterocycles. The summed E-state index contributed by atoms with van der Waals surface area (Å²) < 4.78 is 0. The van der Waals surface area contributed by atoms with Crippen LogP contribution in [0.4, 0.5) is 5.82 Å². The largest absolute Gasteiger partial charge is 0.394 e. The second-order valence-corrected chi connectivity index (χ2v) is 4.65. The number of aryl methyl sites for hydroxylation is 1. The zero-order valence-electron chi connectivity index (χ0n) is 9.39. The molecule has 2 aliphatic rings. The van der Waals surface area contributed by atoms with Crippen molar-refractivity contribution in [3.05, 3.63) is 17.6 Å². The first kappa shape index (κ1) is 10.0. The summed E-state index contributed by atoms with van der Waals surface area (Å²) in [7, 11) is 0. The van der Waals surface area contributed by atoms with Crippen LogP contribution < -0.4 is 4.90 Å². The average molecular weight is 219 g/mol. The Balaban J connectivity index is 1.97. The number of anilines is 1. The fourth-order valence-electron chi connectivity index (χ4n) is 2.89. The Labute approximate surface area is 95.3 Å².